The number of likely N-dealkylation sites (N-methyl/N-ethyl adjacent to an activating group) is 1. The monoisotopic (exact) mass is 600 g/mol. The Hall–Kier alpha value is -3.86. The summed E-state index contributed by atoms with van der Waals surface area (Å²) in [7, 11) is 1.68. The van der Waals surface area contributed by atoms with Crippen molar-refractivity contribution in [3.8, 4) is 5.75 Å². The Morgan fingerprint density at radius 1 is 1.05 bits per heavy atom. The minimum Gasteiger partial charge on any atom is -0.486 e. The molecule has 1 aliphatic heterocycles. The van der Waals surface area contributed by atoms with Crippen molar-refractivity contribution in [3.05, 3.63) is 87.4 Å². The molecular weight excluding hydrogens is 571 g/mol. The van der Waals surface area contributed by atoms with Gasteiger partial charge in [0.1, 0.15) is 28.2 Å². The van der Waals surface area contributed by atoms with Crippen LogP contribution in [0.4, 0.5) is 9.18 Å². The highest BCUT2D eigenvalue weighted by Gasteiger charge is 2.37. The van der Waals surface area contributed by atoms with Gasteiger partial charge in [-0.15, -0.1) is 0 Å². The third-order valence-electron chi connectivity index (χ3n) is 5.93. The molecule has 0 bridgehead atoms. The number of hydrogen-bond donors (Lipinski definition) is 1. The third-order valence-corrected chi connectivity index (χ3v) is 6.75. The van der Waals surface area contributed by atoms with E-state index < -0.39 is 23.4 Å². The molecule has 206 valence electrons. The fourth-order valence-corrected chi connectivity index (χ4v) is 4.76. The van der Waals surface area contributed by atoms with Crippen molar-refractivity contribution >= 4 is 33.8 Å². The predicted octanol–water partition coefficient (Wildman–Crippen LogP) is 5.14. The van der Waals surface area contributed by atoms with Gasteiger partial charge in [-0.1, -0.05) is 42.5 Å². The van der Waals surface area contributed by atoms with Crippen molar-refractivity contribution in [3.63, 3.8) is 0 Å². The molecule has 3 aromatic rings. The minimum atomic E-state index is -0.847. The molecule has 11 heteroatoms. The van der Waals surface area contributed by atoms with E-state index in [1.165, 1.54) is 24.3 Å². The number of ether oxygens (including phenoxy) is 2. The first kappa shape index (κ1) is 28.2. The number of halogens is 2. The molecule has 9 nitrogen and oxygen atoms in total. The van der Waals surface area contributed by atoms with E-state index >= 15 is 0 Å². The molecular formula is C28H30BrFN4O5. The SMILES string of the molecule is CN1CCn2c(Br)c(C(=O)N(Cc3ccc(F)cc3)NC(=O)OC(C)(C)C)c(OCc3ccccc3)c2C1=O. The van der Waals surface area contributed by atoms with Crippen molar-refractivity contribution in [2.75, 3.05) is 13.6 Å². The molecule has 1 N–H and O–H groups in total. The number of hydrazine groups is 1. The molecule has 3 amide bonds. The van der Waals surface area contributed by atoms with Crippen molar-refractivity contribution in [1.29, 1.82) is 0 Å². The minimum absolute atomic E-state index is 0.0720. The normalized spacial score (nSPS) is 13.1. The lowest BCUT2D eigenvalue weighted by atomic mass is 10.2. The molecule has 1 aromatic heterocycles. The third kappa shape index (κ3) is 6.59. The number of rotatable bonds is 6. The second-order valence-corrected chi connectivity index (χ2v) is 10.9. The van der Waals surface area contributed by atoms with E-state index in [1.54, 1.807) is 37.3 Å². The van der Waals surface area contributed by atoms with Crippen molar-refractivity contribution in [2.45, 2.75) is 46.1 Å². The standard InChI is InChI=1S/C28H30BrFN4O5/c1-28(2,3)39-27(37)31-34(16-18-10-12-20(30)13-11-18)25(35)21-23(38-17-19-8-6-5-7-9-19)22-26(36)32(4)14-15-33(22)24(21)29/h5-13H,14-17H2,1-4H3,(H,31,37). The van der Waals surface area contributed by atoms with Gasteiger partial charge in [-0.3, -0.25) is 9.59 Å². The van der Waals surface area contributed by atoms with Crippen molar-refractivity contribution < 1.29 is 28.2 Å². The van der Waals surface area contributed by atoms with Crippen LogP contribution in [-0.2, 0) is 24.4 Å². The van der Waals surface area contributed by atoms with Gasteiger partial charge in [0.15, 0.2) is 11.4 Å². The number of hydrogen-bond acceptors (Lipinski definition) is 5. The lowest BCUT2D eigenvalue weighted by molar-refractivity contribution is 0.0279. The first-order valence-electron chi connectivity index (χ1n) is 12.3. The molecule has 1 aliphatic rings. The van der Waals surface area contributed by atoms with Crippen LogP contribution in [0.5, 0.6) is 5.75 Å². The number of benzene rings is 2. The molecule has 4 rings (SSSR count). The Morgan fingerprint density at radius 3 is 2.36 bits per heavy atom. The number of amides is 3. The number of nitrogens with zero attached hydrogens (tertiary/aromatic N) is 3. The van der Waals surface area contributed by atoms with E-state index in [-0.39, 0.29) is 36.1 Å². The fourth-order valence-electron chi connectivity index (χ4n) is 4.06. The van der Waals surface area contributed by atoms with Gasteiger partial charge in [0.2, 0.25) is 0 Å². The summed E-state index contributed by atoms with van der Waals surface area (Å²) in [5.74, 6) is -1.27. The summed E-state index contributed by atoms with van der Waals surface area (Å²) in [5.41, 5.74) is 3.40. The average Bonchev–Trinajstić information content (AvgIpc) is 3.16. The van der Waals surface area contributed by atoms with Crippen molar-refractivity contribution in [2.24, 2.45) is 0 Å². The second-order valence-electron chi connectivity index (χ2n) is 10.1. The van der Waals surface area contributed by atoms with Gasteiger partial charge in [-0.25, -0.2) is 19.6 Å². The van der Waals surface area contributed by atoms with Crippen LogP contribution in [-0.4, -0.2) is 51.6 Å². The summed E-state index contributed by atoms with van der Waals surface area (Å²) in [6.07, 6.45) is -0.847. The summed E-state index contributed by atoms with van der Waals surface area (Å²) in [5, 5.41) is 1.07. The second kappa shape index (κ2) is 11.5. The molecule has 2 heterocycles. The highest BCUT2D eigenvalue weighted by Crippen LogP contribution is 2.38. The van der Waals surface area contributed by atoms with E-state index in [0.29, 0.717) is 23.3 Å². The Bertz CT molecular complexity index is 1370. The maximum Gasteiger partial charge on any atom is 0.426 e. The van der Waals surface area contributed by atoms with Crippen molar-refractivity contribution in [1.82, 2.24) is 19.9 Å². The molecule has 0 radical (unpaired) electrons. The number of fused-ring (bicyclic) bond motifs is 1. The van der Waals surface area contributed by atoms with Crippen LogP contribution in [0, 0.1) is 5.82 Å². The topological polar surface area (TPSA) is 93.1 Å². The van der Waals surface area contributed by atoms with Crippen LogP contribution in [0.3, 0.4) is 0 Å². The summed E-state index contributed by atoms with van der Waals surface area (Å²) in [6, 6.07) is 14.9. The van der Waals surface area contributed by atoms with E-state index in [9.17, 15) is 18.8 Å². The first-order chi connectivity index (χ1) is 18.4. The maximum absolute atomic E-state index is 14.1. The summed E-state index contributed by atoms with van der Waals surface area (Å²) in [6.45, 7) is 6.00. The van der Waals surface area contributed by atoms with Gasteiger partial charge in [0, 0.05) is 20.1 Å². The van der Waals surface area contributed by atoms with Crippen LogP contribution >= 0.6 is 15.9 Å². The molecule has 2 aromatic carbocycles. The number of aromatic nitrogens is 1. The Morgan fingerprint density at radius 2 is 1.72 bits per heavy atom. The van der Waals surface area contributed by atoms with E-state index in [0.717, 1.165) is 10.6 Å². The van der Waals surface area contributed by atoms with Gasteiger partial charge in [0.05, 0.1) is 6.54 Å². The zero-order valence-corrected chi connectivity index (χ0v) is 23.7. The quantitative estimate of drug-likeness (QED) is 0.396. The Kier molecular flexibility index (Phi) is 8.29. The summed E-state index contributed by atoms with van der Waals surface area (Å²) >= 11 is 3.51. The number of carbonyl (C=O) groups is 3. The zero-order chi connectivity index (χ0) is 28.3. The molecule has 0 atom stereocenters. The lowest BCUT2D eigenvalue weighted by Crippen LogP contribution is -2.47. The highest BCUT2D eigenvalue weighted by molar-refractivity contribution is 9.10. The van der Waals surface area contributed by atoms with Crippen LogP contribution < -0.4 is 10.2 Å². The lowest BCUT2D eigenvalue weighted by Gasteiger charge is -2.26. The molecule has 0 saturated carbocycles. The molecule has 0 saturated heterocycles. The number of nitrogens with one attached hydrogen (secondary N) is 1. The molecule has 0 aliphatic carbocycles. The van der Waals surface area contributed by atoms with E-state index in [2.05, 4.69) is 21.4 Å². The van der Waals surface area contributed by atoms with E-state index in [4.69, 9.17) is 9.47 Å². The zero-order valence-electron chi connectivity index (χ0n) is 22.2. The highest BCUT2D eigenvalue weighted by atomic mass is 79.9. The van der Waals surface area contributed by atoms with Gasteiger partial charge in [-0.2, -0.15) is 0 Å². The van der Waals surface area contributed by atoms with Gasteiger partial charge >= 0.3 is 6.09 Å². The maximum atomic E-state index is 14.1. The molecule has 0 fully saturated rings. The van der Waals surface area contributed by atoms with Crippen LogP contribution in [0.2, 0.25) is 0 Å². The van der Waals surface area contributed by atoms with Crippen LogP contribution in [0.25, 0.3) is 0 Å². The fraction of sp³-hybridized carbons (Fsp3) is 0.321. The van der Waals surface area contributed by atoms with Gasteiger partial charge < -0.3 is 18.9 Å². The largest absolute Gasteiger partial charge is 0.486 e. The van der Waals surface area contributed by atoms with Crippen LogP contribution in [0.1, 0.15) is 52.7 Å². The van der Waals surface area contributed by atoms with Crippen LogP contribution in [0.15, 0.2) is 59.2 Å². The summed E-state index contributed by atoms with van der Waals surface area (Å²) < 4.78 is 27.1. The predicted molar refractivity (Wildman–Crippen MR) is 146 cm³/mol. The first-order valence-corrected chi connectivity index (χ1v) is 13.1. The van der Waals surface area contributed by atoms with E-state index in [1.807, 2.05) is 30.3 Å². The van der Waals surface area contributed by atoms with Gasteiger partial charge in [0.25, 0.3) is 11.8 Å². The molecule has 0 unspecified atom stereocenters. The smallest absolute Gasteiger partial charge is 0.426 e. The number of carbonyl (C=O) groups excluding carboxylic acids is 3. The summed E-state index contributed by atoms with van der Waals surface area (Å²) in [4.78, 5) is 41.6. The molecule has 0 spiro atoms. The molecule has 39 heavy (non-hydrogen) atoms. The Labute approximate surface area is 234 Å². The Balaban J connectivity index is 1.75. The van der Waals surface area contributed by atoms with Gasteiger partial charge in [-0.05, 0) is 60.0 Å². The average molecular weight is 601 g/mol.